The van der Waals surface area contributed by atoms with Crippen LogP contribution in [0.1, 0.15) is 38.6 Å². The molecule has 8 nitrogen and oxygen atoms in total. The molecule has 160 valence electrons. The molecule has 30 heavy (non-hydrogen) atoms. The quantitative estimate of drug-likeness (QED) is 0.576. The number of fused-ring (bicyclic) bond motifs is 1. The smallest absolute Gasteiger partial charge is 0.241 e. The Morgan fingerprint density at radius 2 is 1.90 bits per heavy atom. The first-order valence-electron chi connectivity index (χ1n) is 10.0. The summed E-state index contributed by atoms with van der Waals surface area (Å²) >= 11 is 0. The summed E-state index contributed by atoms with van der Waals surface area (Å²) in [4.78, 5) is 17.2. The number of nitrogens with zero attached hydrogens (tertiary/aromatic N) is 6. The van der Waals surface area contributed by atoms with Crippen LogP contribution < -0.4 is 0 Å². The van der Waals surface area contributed by atoms with Crippen LogP contribution in [-0.2, 0) is 16.4 Å². The average Bonchev–Trinajstić information content (AvgIpc) is 3.13. The number of rotatable bonds is 5. The van der Waals surface area contributed by atoms with Crippen LogP contribution in [-0.4, -0.2) is 56.6 Å². The van der Waals surface area contributed by atoms with E-state index in [0.29, 0.717) is 48.2 Å². The molecule has 0 saturated carbocycles. The lowest BCUT2D eigenvalue weighted by Gasteiger charge is -2.29. The van der Waals surface area contributed by atoms with Crippen LogP contribution in [0, 0.1) is 11.9 Å². The van der Waals surface area contributed by atoms with Gasteiger partial charge in [0.1, 0.15) is 11.3 Å². The van der Waals surface area contributed by atoms with Crippen LogP contribution >= 0.6 is 0 Å². The monoisotopic (exact) mass is 432 g/mol. The molecule has 1 aliphatic rings. The second-order valence-corrected chi connectivity index (χ2v) is 10.1. The van der Waals surface area contributed by atoms with E-state index in [1.54, 1.807) is 18.6 Å². The number of imidazole rings is 1. The maximum absolute atomic E-state index is 14.5. The average molecular weight is 433 g/mol. The van der Waals surface area contributed by atoms with E-state index in [1.165, 1.54) is 10.6 Å². The van der Waals surface area contributed by atoms with Crippen LogP contribution in [0.25, 0.3) is 22.4 Å². The van der Waals surface area contributed by atoms with Crippen molar-refractivity contribution in [3.8, 4) is 11.4 Å². The van der Waals surface area contributed by atoms with Crippen LogP contribution in [0.15, 0.2) is 24.7 Å². The zero-order valence-electron chi connectivity index (χ0n) is 17.3. The van der Waals surface area contributed by atoms with Gasteiger partial charge in [0, 0.05) is 31.7 Å². The van der Waals surface area contributed by atoms with E-state index in [9.17, 15) is 12.8 Å². The van der Waals surface area contributed by atoms with E-state index in [2.05, 4.69) is 19.9 Å². The Kier molecular flexibility index (Phi) is 5.54. The van der Waals surface area contributed by atoms with E-state index < -0.39 is 16.0 Å². The predicted octanol–water partition coefficient (Wildman–Crippen LogP) is 2.82. The summed E-state index contributed by atoms with van der Waals surface area (Å²) in [5, 5.41) is 0. The second-order valence-electron chi connectivity index (χ2n) is 8.08. The number of hydrogen-bond donors (Lipinski definition) is 0. The molecule has 0 radical (unpaired) electrons. The minimum Gasteiger partial charge on any atom is -0.328 e. The van der Waals surface area contributed by atoms with Crippen LogP contribution in [0.2, 0.25) is 0 Å². The van der Waals surface area contributed by atoms with E-state index >= 15 is 0 Å². The largest absolute Gasteiger partial charge is 0.328 e. The minimum atomic E-state index is -3.14. The van der Waals surface area contributed by atoms with Crippen molar-refractivity contribution in [3.05, 3.63) is 36.4 Å². The lowest BCUT2D eigenvalue weighted by molar-refractivity contribution is 0.271. The van der Waals surface area contributed by atoms with Gasteiger partial charge in [-0.05, 0) is 44.7 Å². The van der Waals surface area contributed by atoms with Crippen molar-refractivity contribution in [2.24, 2.45) is 5.92 Å². The predicted molar refractivity (Wildman–Crippen MR) is 112 cm³/mol. The lowest BCUT2D eigenvalue weighted by Crippen LogP contribution is -2.38. The first kappa shape index (κ1) is 20.8. The molecule has 0 spiro atoms. The highest BCUT2D eigenvalue weighted by Crippen LogP contribution is 2.26. The fourth-order valence-electron chi connectivity index (χ4n) is 3.88. The molecule has 0 bridgehead atoms. The van der Waals surface area contributed by atoms with Gasteiger partial charge in [-0.1, -0.05) is 0 Å². The van der Waals surface area contributed by atoms with Gasteiger partial charge >= 0.3 is 0 Å². The van der Waals surface area contributed by atoms with Gasteiger partial charge in [0.15, 0.2) is 0 Å². The molecule has 0 aliphatic carbocycles. The Labute approximate surface area is 175 Å². The summed E-state index contributed by atoms with van der Waals surface area (Å²) in [6, 6.07) is 3.67. The topological polar surface area (TPSA) is 93.9 Å². The molecule has 4 heterocycles. The van der Waals surface area contributed by atoms with Crippen LogP contribution in [0.3, 0.4) is 0 Å². The molecule has 0 amide bonds. The van der Waals surface area contributed by atoms with Gasteiger partial charge in [0.25, 0.3) is 0 Å². The van der Waals surface area contributed by atoms with Crippen molar-refractivity contribution in [2.75, 3.05) is 19.3 Å². The number of piperidine rings is 1. The summed E-state index contributed by atoms with van der Waals surface area (Å²) < 4.78 is 41.3. The Bertz CT molecular complexity index is 1170. The van der Waals surface area contributed by atoms with Crippen LogP contribution in [0.5, 0.6) is 0 Å². The van der Waals surface area contributed by atoms with Crippen molar-refractivity contribution in [1.82, 2.24) is 28.8 Å². The van der Waals surface area contributed by atoms with Gasteiger partial charge in [-0.25, -0.2) is 32.7 Å². The highest BCUT2D eigenvalue weighted by Gasteiger charge is 2.25. The van der Waals surface area contributed by atoms with Crippen molar-refractivity contribution in [2.45, 2.75) is 39.2 Å². The minimum absolute atomic E-state index is 0.142. The fourth-order valence-corrected chi connectivity index (χ4v) is 4.75. The summed E-state index contributed by atoms with van der Waals surface area (Å²) in [5.41, 5.74) is 1.93. The molecule has 1 saturated heterocycles. The first-order valence-corrected chi connectivity index (χ1v) is 11.9. The normalized spacial score (nSPS) is 16.6. The van der Waals surface area contributed by atoms with E-state index in [-0.39, 0.29) is 11.6 Å². The highest BCUT2D eigenvalue weighted by atomic mass is 32.2. The maximum Gasteiger partial charge on any atom is 0.241 e. The molecular formula is C20H25FN6O2S. The molecule has 3 aromatic heterocycles. The molecule has 0 unspecified atom stereocenters. The molecule has 10 heteroatoms. The third-order valence-electron chi connectivity index (χ3n) is 5.56. The summed E-state index contributed by atoms with van der Waals surface area (Å²) in [7, 11) is -3.14. The second kappa shape index (κ2) is 7.99. The van der Waals surface area contributed by atoms with Gasteiger partial charge in [0.2, 0.25) is 16.0 Å². The molecule has 0 atom stereocenters. The van der Waals surface area contributed by atoms with E-state index in [0.717, 1.165) is 12.8 Å². The van der Waals surface area contributed by atoms with Gasteiger partial charge in [0.05, 0.1) is 29.5 Å². The summed E-state index contributed by atoms with van der Waals surface area (Å²) in [6.07, 6.45) is 6.72. The molecule has 3 aromatic rings. The van der Waals surface area contributed by atoms with Gasteiger partial charge in [-0.15, -0.1) is 0 Å². The molecule has 4 rings (SSSR count). The number of pyridine rings is 1. The first-order chi connectivity index (χ1) is 14.2. The number of aromatic nitrogens is 5. The van der Waals surface area contributed by atoms with Crippen molar-refractivity contribution in [1.29, 1.82) is 0 Å². The zero-order chi connectivity index (χ0) is 21.5. The van der Waals surface area contributed by atoms with Gasteiger partial charge in [-0.2, -0.15) is 4.39 Å². The Hall–Kier alpha value is -2.46. The summed E-state index contributed by atoms with van der Waals surface area (Å²) in [5.74, 6) is 0.355. The number of hydrogen-bond acceptors (Lipinski definition) is 6. The Morgan fingerprint density at radius 3 is 2.57 bits per heavy atom. The number of sulfonamides is 1. The zero-order valence-corrected chi connectivity index (χ0v) is 18.1. The Morgan fingerprint density at radius 1 is 1.17 bits per heavy atom. The van der Waals surface area contributed by atoms with Crippen molar-refractivity contribution >= 4 is 21.1 Å². The van der Waals surface area contributed by atoms with E-state index in [1.807, 2.05) is 24.5 Å². The molecule has 1 aliphatic heterocycles. The summed E-state index contributed by atoms with van der Waals surface area (Å²) in [6.45, 7) is 5.06. The van der Waals surface area contributed by atoms with Gasteiger partial charge in [-0.3, -0.25) is 0 Å². The maximum atomic E-state index is 14.5. The molecule has 0 aromatic carbocycles. The van der Waals surface area contributed by atoms with Crippen molar-refractivity contribution < 1.29 is 12.8 Å². The molecule has 1 fully saturated rings. The molecule has 0 N–H and O–H groups in total. The fraction of sp³-hybridized carbons (Fsp3) is 0.500. The van der Waals surface area contributed by atoms with Crippen LogP contribution in [0.4, 0.5) is 4.39 Å². The van der Waals surface area contributed by atoms with Gasteiger partial charge < -0.3 is 4.57 Å². The van der Waals surface area contributed by atoms with Crippen molar-refractivity contribution in [3.63, 3.8) is 0 Å². The molecular weight excluding hydrogens is 407 g/mol. The third kappa shape index (κ3) is 4.20. The van der Waals surface area contributed by atoms with E-state index in [4.69, 9.17) is 0 Å². The Balaban J connectivity index is 1.56. The lowest BCUT2D eigenvalue weighted by atomic mass is 9.94. The number of halogens is 1. The third-order valence-corrected chi connectivity index (χ3v) is 6.86. The SMILES string of the molecule is CC(C)n1cnc2c(F)nc(-c3ccnc(CC4CCN(S(C)(=O)=O)CC4)n3)cc21. The standard InChI is InChI=1S/C20H25FN6O2S/c1-13(2)27-12-23-19-17(27)11-16(25-20(19)21)15-4-7-22-18(24-15)10-14-5-8-26(9-6-14)30(3,28)29/h4,7,11-14H,5-6,8-10H2,1-3H3. The highest BCUT2D eigenvalue weighted by molar-refractivity contribution is 7.88.